The molecular weight excluding hydrogens is 686 g/mol. The van der Waals surface area contributed by atoms with Crippen LogP contribution in [0.3, 0.4) is 0 Å². The Morgan fingerprint density at radius 1 is 0.412 bits per heavy atom. The Morgan fingerprint density at radius 2 is 0.647 bits per heavy atom. The summed E-state index contributed by atoms with van der Waals surface area (Å²) in [5, 5.41) is 2.84. The highest BCUT2D eigenvalue weighted by Gasteiger charge is 2.36. The molecule has 0 aliphatic rings. The monoisotopic (exact) mass is 759 g/mol. The molecule has 0 aliphatic heterocycles. The highest BCUT2D eigenvalue weighted by Crippen LogP contribution is 2.36. The number of carbonyl (C=O) groups is 1. The normalized spacial score (nSPS) is 12.5. The van der Waals surface area contributed by atoms with Crippen LogP contribution in [-0.4, -0.2) is 179 Å². The number of amides is 1. The van der Waals surface area contributed by atoms with E-state index in [9.17, 15) is 4.79 Å². The lowest BCUT2D eigenvalue weighted by Gasteiger charge is -2.36. The van der Waals surface area contributed by atoms with Crippen LogP contribution in [0.25, 0.3) is 0 Å². The molecule has 15 nitrogen and oxygen atoms in total. The first-order valence-electron chi connectivity index (χ1n) is 18.3. The summed E-state index contributed by atoms with van der Waals surface area (Å²) < 4.78 is 71.6. The molecule has 0 unspecified atom stereocenters. The molecule has 0 radical (unpaired) electrons. The van der Waals surface area contributed by atoms with Gasteiger partial charge < -0.3 is 66.6 Å². The van der Waals surface area contributed by atoms with Gasteiger partial charge in [-0.3, -0.25) is 0 Å². The average molecular weight is 760 g/mol. The summed E-state index contributed by atoms with van der Waals surface area (Å²) in [5.41, 5.74) is -0.512. The maximum atomic E-state index is 11.5. The minimum atomic E-state index is -1.70. The summed E-state index contributed by atoms with van der Waals surface area (Å²) in [6.07, 6.45) is -0.452. The molecular formula is C35H73NO14Si. The van der Waals surface area contributed by atoms with Crippen LogP contribution in [0.5, 0.6) is 0 Å². The van der Waals surface area contributed by atoms with Crippen molar-refractivity contribution in [1.82, 2.24) is 5.32 Å². The lowest BCUT2D eigenvalue weighted by molar-refractivity contribution is -0.0277. The van der Waals surface area contributed by atoms with Gasteiger partial charge in [-0.25, -0.2) is 4.79 Å². The Labute approximate surface area is 309 Å². The van der Waals surface area contributed by atoms with Crippen LogP contribution in [-0.2, 0) is 61.3 Å². The number of nitrogens with one attached hydrogen (secondary N) is 1. The second kappa shape index (κ2) is 33.6. The average Bonchev–Trinajstić information content (AvgIpc) is 3.04. The second-order valence-corrected chi connectivity index (χ2v) is 18.6. The van der Waals surface area contributed by atoms with Gasteiger partial charge in [0, 0.05) is 6.54 Å². The van der Waals surface area contributed by atoms with E-state index < -0.39 is 20.0 Å². The molecule has 0 bridgehead atoms. The number of alkyl carbamates (subject to hydrolysis) is 1. The summed E-state index contributed by atoms with van der Waals surface area (Å²) >= 11 is 0. The van der Waals surface area contributed by atoms with Gasteiger partial charge in [-0.1, -0.05) is 20.8 Å². The topological polar surface area (TPSA) is 149 Å². The fourth-order valence-corrected chi connectivity index (χ4v) is 4.44. The van der Waals surface area contributed by atoms with Crippen molar-refractivity contribution in [2.24, 2.45) is 0 Å². The lowest BCUT2D eigenvalue weighted by atomic mass is 10.2. The molecule has 0 fully saturated rings. The number of hydrogen-bond donors (Lipinski definition) is 1. The van der Waals surface area contributed by atoms with Gasteiger partial charge >= 0.3 is 6.09 Å². The van der Waals surface area contributed by atoms with Gasteiger partial charge in [-0.15, -0.1) is 0 Å². The molecule has 16 heteroatoms. The highest BCUT2D eigenvalue weighted by molar-refractivity contribution is 6.74. The van der Waals surface area contributed by atoms with Gasteiger partial charge in [0.2, 0.25) is 0 Å². The Hall–Kier alpha value is -0.993. The summed E-state index contributed by atoms with van der Waals surface area (Å²) in [4.78, 5) is 11.5. The van der Waals surface area contributed by atoms with Gasteiger partial charge in [0.1, 0.15) is 5.60 Å². The van der Waals surface area contributed by atoms with E-state index >= 15 is 0 Å². The summed E-state index contributed by atoms with van der Waals surface area (Å²) in [6, 6.07) is 0. The van der Waals surface area contributed by atoms with Crippen LogP contribution >= 0.6 is 0 Å². The number of hydrogen-bond acceptors (Lipinski definition) is 14. The summed E-state index contributed by atoms with van der Waals surface area (Å²) in [7, 11) is -1.70. The smallest absolute Gasteiger partial charge is 0.407 e. The van der Waals surface area contributed by atoms with E-state index in [0.717, 1.165) is 0 Å². The number of carbonyl (C=O) groups excluding carboxylic acids is 1. The molecule has 0 rings (SSSR count). The molecule has 0 aliphatic carbocycles. The van der Waals surface area contributed by atoms with Crippen molar-refractivity contribution in [3.05, 3.63) is 0 Å². The summed E-state index contributed by atoms with van der Waals surface area (Å²) in [6.45, 7) is 28.6. The fourth-order valence-electron chi connectivity index (χ4n) is 3.41. The molecule has 0 atom stereocenters. The van der Waals surface area contributed by atoms with Crippen LogP contribution < -0.4 is 5.32 Å². The van der Waals surface area contributed by atoms with Crippen LogP contribution in [0.2, 0.25) is 18.1 Å². The minimum Gasteiger partial charge on any atom is -0.444 e. The van der Waals surface area contributed by atoms with Crippen molar-refractivity contribution in [2.75, 3.05) is 159 Å². The predicted octanol–water partition coefficient (Wildman–Crippen LogP) is 3.72. The van der Waals surface area contributed by atoms with Crippen molar-refractivity contribution >= 4 is 14.4 Å². The highest BCUT2D eigenvalue weighted by atomic mass is 28.4. The SMILES string of the molecule is CC(C)(C)OC(=O)NCCOCCOCCOCCOCCOCCOCCOCCOCCOCCOCCOCCO[Si](C)(C)C(C)(C)C. The molecule has 0 aromatic heterocycles. The number of ether oxygens (including phenoxy) is 12. The van der Waals surface area contributed by atoms with Gasteiger partial charge in [0.25, 0.3) is 0 Å². The first-order valence-corrected chi connectivity index (χ1v) is 21.2. The van der Waals surface area contributed by atoms with Crippen LogP contribution in [0, 0.1) is 0 Å². The number of rotatable bonds is 37. The third-order valence-electron chi connectivity index (χ3n) is 7.13. The lowest BCUT2D eigenvalue weighted by Crippen LogP contribution is -2.41. The van der Waals surface area contributed by atoms with Crippen LogP contribution in [0.1, 0.15) is 41.5 Å². The van der Waals surface area contributed by atoms with Crippen molar-refractivity contribution in [3.63, 3.8) is 0 Å². The van der Waals surface area contributed by atoms with E-state index in [0.29, 0.717) is 159 Å². The molecule has 0 aromatic carbocycles. The Bertz CT molecular complexity index is 768. The van der Waals surface area contributed by atoms with E-state index in [4.69, 9.17) is 61.3 Å². The third kappa shape index (κ3) is 37.1. The second-order valence-electron chi connectivity index (χ2n) is 13.8. The van der Waals surface area contributed by atoms with E-state index in [2.05, 4.69) is 39.2 Å². The molecule has 1 amide bonds. The van der Waals surface area contributed by atoms with E-state index in [1.165, 1.54) is 0 Å². The Morgan fingerprint density at radius 3 is 0.882 bits per heavy atom. The van der Waals surface area contributed by atoms with Gasteiger partial charge in [-0.05, 0) is 38.9 Å². The van der Waals surface area contributed by atoms with Gasteiger partial charge in [0.15, 0.2) is 8.32 Å². The first-order chi connectivity index (χ1) is 24.4. The standard InChI is InChI=1S/C35H73NO14Si/c1-34(2,3)50-33(37)36-9-10-38-11-12-39-13-14-40-15-16-41-17-18-42-19-20-43-21-22-44-23-24-45-25-26-46-27-28-47-29-30-48-31-32-49-51(7,8)35(4,5)6/h9-32H2,1-8H3,(H,36,37). The first kappa shape index (κ1) is 50.0. The Balaban J connectivity index is 3.16. The van der Waals surface area contributed by atoms with Crippen LogP contribution in [0.4, 0.5) is 4.79 Å². The largest absolute Gasteiger partial charge is 0.444 e. The zero-order valence-corrected chi connectivity index (χ0v) is 34.2. The van der Waals surface area contributed by atoms with E-state index in [1.807, 2.05) is 20.8 Å². The molecule has 0 aromatic rings. The molecule has 306 valence electrons. The van der Waals surface area contributed by atoms with Gasteiger partial charge in [-0.2, -0.15) is 0 Å². The molecule has 0 saturated heterocycles. The third-order valence-corrected chi connectivity index (χ3v) is 11.7. The van der Waals surface area contributed by atoms with Crippen molar-refractivity contribution in [1.29, 1.82) is 0 Å². The van der Waals surface area contributed by atoms with Gasteiger partial charge in [0.05, 0.1) is 152 Å². The maximum Gasteiger partial charge on any atom is 0.407 e. The molecule has 0 heterocycles. The van der Waals surface area contributed by atoms with Crippen molar-refractivity contribution in [2.45, 2.75) is 65.3 Å². The van der Waals surface area contributed by atoms with Crippen LogP contribution in [0.15, 0.2) is 0 Å². The fraction of sp³-hybridized carbons (Fsp3) is 0.971. The van der Waals surface area contributed by atoms with Crippen molar-refractivity contribution < 1.29 is 66.1 Å². The Kier molecular flexibility index (Phi) is 32.9. The molecule has 0 saturated carbocycles. The zero-order valence-electron chi connectivity index (χ0n) is 33.2. The minimum absolute atomic E-state index is 0.213. The van der Waals surface area contributed by atoms with E-state index in [-0.39, 0.29) is 5.04 Å². The molecule has 0 spiro atoms. The zero-order chi connectivity index (χ0) is 37.9. The predicted molar refractivity (Wildman–Crippen MR) is 196 cm³/mol. The summed E-state index contributed by atoms with van der Waals surface area (Å²) in [5.74, 6) is 0. The van der Waals surface area contributed by atoms with Crippen molar-refractivity contribution in [3.8, 4) is 0 Å². The molecule has 51 heavy (non-hydrogen) atoms. The molecule has 1 N–H and O–H groups in total. The quantitative estimate of drug-likeness (QED) is 0.0725. The maximum absolute atomic E-state index is 11.5. The van der Waals surface area contributed by atoms with E-state index in [1.54, 1.807) is 0 Å².